The van der Waals surface area contributed by atoms with E-state index in [2.05, 4.69) is 15.3 Å². The Kier molecular flexibility index (Phi) is 3.56. The molecule has 1 aromatic heterocycles. The zero-order chi connectivity index (χ0) is 13.1. The number of anilines is 2. The zero-order valence-electron chi connectivity index (χ0n) is 9.89. The summed E-state index contributed by atoms with van der Waals surface area (Å²) in [6.07, 6.45) is 0.994. The lowest BCUT2D eigenvalue weighted by Gasteiger charge is -2.35. The van der Waals surface area contributed by atoms with Gasteiger partial charge in [-0.15, -0.1) is 0 Å². The molecule has 3 N–H and O–H groups in total. The molecule has 0 spiro atoms. The molecule has 1 atom stereocenters. The molecule has 8 heteroatoms. The first-order valence-corrected chi connectivity index (χ1v) is 5.47. The molecule has 0 saturated carbocycles. The molecule has 2 rings (SSSR count). The second-order valence-corrected chi connectivity index (χ2v) is 3.80. The van der Waals surface area contributed by atoms with E-state index >= 15 is 0 Å². The number of amides is 1. The summed E-state index contributed by atoms with van der Waals surface area (Å²) in [5.41, 5.74) is 5.44. The Balaban J connectivity index is 2.33. The van der Waals surface area contributed by atoms with Crippen LogP contribution >= 0.6 is 0 Å². The predicted molar refractivity (Wildman–Crippen MR) is 62.4 cm³/mol. The van der Waals surface area contributed by atoms with Crippen LogP contribution < -0.4 is 16.0 Å². The minimum Gasteiger partial charge on any atom is -0.377 e. The average molecular weight is 255 g/mol. The van der Waals surface area contributed by atoms with Gasteiger partial charge in [0.25, 0.3) is 0 Å². The average Bonchev–Trinajstić information content (AvgIpc) is 2.40. The van der Waals surface area contributed by atoms with Gasteiger partial charge < -0.3 is 20.7 Å². The van der Waals surface area contributed by atoms with Gasteiger partial charge in [-0.1, -0.05) is 0 Å². The molecule has 1 amide bonds. The molecule has 2 heterocycles. The van der Waals surface area contributed by atoms with Gasteiger partial charge in [0.05, 0.1) is 19.4 Å². The number of nitrogens with one attached hydrogen (secondary N) is 1. The van der Waals surface area contributed by atoms with Gasteiger partial charge in [-0.05, 0) is 0 Å². The van der Waals surface area contributed by atoms with E-state index in [1.165, 1.54) is 11.9 Å². The minimum absolute atomic E-state index is 0.0272. The molecule has 7 nitrogen and oxygen atoms in total. The number of nitrogens with zero attached hydrogens (tertiary/aromatic N) is 3. The molecule has 1 saturated heterocycles. The van der Waals surface area contributed by atoms with Crippen LogP contribution in [0.2, 0.25) is 0 Å². The molecule has 1 aromatic rings. The summed E-state index contributed by atoms with van der Waals surface area (Å²) in [7, 11) is 1.51. The van der Waals surface area contributed by atoms with Crippen LogP contribution in [0.3, 0.4) is 0 Å². The molecule has 0 aromatic carbocycles. The van der Waals surface area contributed by atoms with E-state index in [1.54, 1.807) is 0 Å². The van der Waals surface area contributed by atoms with Gasteiger partial charge in [-0.2, -0.15) is 4.98 Å². The summed E-state index contributed by atoms with van der Waals surface area (Å²) in [4.78, 5) is 20.7. The van der Waals surface area contributed by atoms with E-state index in [9.17, 15) is 9.18 Å². The molecule has 1 unspecified atom stereocenters. The van der Waals surface area contributed by atoms with Crippen molar-refractivity contribution in [1.82, 2.24) is 15.3 Å². The molecule has 1 aliphatic rings. The van der Waals surface area contributed by atoms with Crippen LogP contribution in [-0.2, 0) is 9.53 Å². The lowest BCUT2D eigenvalue weighted by molar-refractivity contribution is -0.124. The lowest BCUT2D eigenvalue weighted by Crippen LogP contribution is -2.54. The number of ether oxygens (including phenoxy) is 1. The predicted octanol–water partition coefficient (Wildman–Crippen LogP) is -0.851. The van der Waals surface area contributed by atoms with Gasteiger partial charge in [0.15, 0.2) is 11.6 Å². The first-order valence-electron chi connectivity index (χ1n) is 5.47. The van der Waals surface area contributed by atoms with Crippen molar-refractivity contribution < 1.29 is 13.9 Å². The molecule has 1 fully saturated rings. The number of nitrogens with two attached hydrogens (primary N) is 1. The fraction of sp³-hybridized carbons (Fsp3) is 0.500. The number of likely N-dealkylation sites (N-methyl/N-ethyl adjacent to an activating group) is 1. The maximum Gasteiger partial charge on any atom is 0.244 e. The summed E-state index contributed by atoms with van der Waals surface area (Å²) in [5.74, 6) is -0.876. The fourth-order valence-electron chi connectivity index (χ4n) is 1.81. The van der Waals surface area contributed by atoms with Crippen LogP contribution in [0, 0.1) is 5.82 Å². The van der Waals surface area contributed by atoms with Crippen molar-refractivity contribution in [3.05, 3.63) is 12.0 Å². The Morgan fingerprint density at radius 3 is 3.22 bits per heavy atom. The van der Waals surface area contributed by atoms with Crippen LogP contribution in [0.25, 0.3) is 0 Å². The van der Waals surface area contributed by atoms with Gasteiger partial charge >= 0.3 is 0 Å². The zero-order valence-corrected chi connectivity index (χ0v) is 9.89. The number of morpholine rings is 1. The number of nitrogen functional groups attached to an aromatic ring is 1. The normalized spacial score (nSPS) is 19.7. The maximum absolute atomic E-state index is 13.7. The number of halogens is 1. The first-order chi connectivity index (χ1) is 8.63. The number of rotatable bonds is 2. The van der Waals surface area contributed by atoms with Crippen LogP contribution in [0.15, 0.2) is 6.20 Å². The number of carbonyl (C=O) groups is 1. The number of hydrogen-bond donors (Lipinski definition) is 2. The third kappa shape index (κ3) is 2.33. The first kappa shape index (κ1) is 12.5. The van der Waals surface area contributed by atoms with E-state index in [0.29, 0.717) is 13.2 Å². The van der Waals surface area contributed by atoms with Crippen molar-refractivity contribution in [2.24, 2.45) is 0 Å². The summed E-state index contributed by atoms with van der Waals surface area (Å²) in [5, 5.41) is 2.51. The standard InChI is InChI=1S/C10H14FN5O2/c1-13-9(17)7-5-18-3-2-16(7)8-6(11)4-14-10(12)15-8/h4,7H,2-3,5H2,1H3,(H,13,17)(H2,12,14,15). The van der Waals surface area contributed by atoms with Crippen molar-refractivity contribution in [1.29, 1.82) is 0 Å². The number of aromatic nitrogens is 2. The van der Waals surface area contributed by atoms with E-state index in [-0.39, 0.29) is 24.3 Å². The van der Waals surface area contributed by atoms with Crippen molar-refractivity contribution in [2.45, 2.75) is 6.04 Å². The highest BCUT2D eigenvalue weighted by Gasteiger charge is 2.31. The Labute approximate surface area is 103 Å². The van der Waals surface area contributed by atoms with Crippen molar-refractivity contribution in [2.75, 3.05) is 37.4 Å². The minimum atomic E-state index is -0.618. The highest BCUT2D eigenvalue weighted by atomic mass is 19.1. The SMILES string of the molecule is CNC(=O)C1COCCN1c1nc(N)ncc1F. The smallest absolute Gasteiger partial charge is 0.244 e. The van der Waals surface area contributed by atoms with Crippen LogP contribution in [0.4, 0.5) is 16.2 Å². The molecular formula is C10H14FN5O2. The molecule has 0 bridgehead atoms. The van der Waals surface area contributed by atoms with Gasteiger partial charge in [0, 0.05) is 13.6 Å². The summed E-state index contributed by atoms with van der Waals surface area (Å²) in [6.45, 7) is 0.950. The summed E-state index contributed by atoms with van der Waals surface area (Å²) < 4.78 is 18.9. The van der Waals surface area contributed by atoms with E-state index < -0.39 is 11.9 Å². The second-order valence-electron chi connectivity index (χ2n) is 3.80. The third-order valence-corrected chi connectivity index (χ3v) is 2.69. The van der Waals surface area contributed by atoms with Gasteiger partial charge in [0.2, 0.25) is 11.9 Å². The molecule has 98 valence electrons. The van der Waals surface area contributed by atoms with Crippen LogP contribution in [0.1, 0.15) is 0 Å². The molecule has 18 heavy (non-hydrogen) atoms. The third-order valence-electron chi connectivity index (χ3n) is 2.69. The van der Waals surface area contributed by atoms with Crippen molar-refractivity contribution in [3.63, 3.8) is 0 Å². The topological polar surface area (TPSA) is 93.4 Å². The van der Waals surface area contributed by atoms with E-state index in [1.807, 2.05) is 0 Å². The Morgan fingerprint density at radius 2 is 2.50 bits per heavy atom. The van der Waals surface area contributed by atoms with Crippen molar-refractivity contribution >= 4 is 17.7 Å². The largest absolute Gasteiger partial charge is 0.377 e. The summed E-state index contributed by atoms with van der Waals surface area (Å²) >= 11 is 0. The lowest BCUT2D eigenvalue weighted by atomic mass is 10.2. The maximum atomic E-state index is 13.7. The molecular weight excluding hydrogens is 241 g/mol. The number of carbonyl (C=O) groups excluding carboxylic acids is 1. The highest BCUT2D eigenvalue weighted by Crippen LogP contribution is 2.21. The van der Waals surface area contributed by atoms with E-state index in [4.69, 9.17) is 10.5 Å². The van der Waals surface area contributed by atoms with E-state index in [0.717, 1.165) is 6.20 Å². The fourth-order valence-corrected chi connectivity index (χ4v) is 1.81. The van der Waals surface area contributed by atoms with Crippen molar-refractivity contribution in [3.8, 4) is 0 Å². The Morgan fingerprint density at radius 1 is 1.72 bits per heavy atom. The van der Waals surface area contributed by atoms with Gasteiger partial charge in [0.1, 0.15) is 6.04 Å². The molecule has 0 aliphatic carbocycles. The van der Waals surface area contributed by atoms with Crippen LogP contribution in [-0.4, -0.2) is 48.7 Å². The summed E-state index contributed by atoms with van der Waals surface area (Å²) in [6, 6.07) is -0.618. The Bertz CT molecular complexity index is 456. The number of hydrogen-bond acceptors (Lipinski definition) is 6. The highest BCUT2D eigenvalue weighted by molar-refractivity contribution is 5.85. The van der Waals surface area contributed by atoms with Gasteiger partial charge in [-0.3, -0.25) is 4.79 Å². The monoisotopic (exact) mass is 255 g/mol. The van der Waals surface area contributed by atoms with Crippen LogP contribution in [0.5, 0.6) is 0 Å². The molecule has 1 aliphatic heterocycles. The molecule has 0 radical (unpaired) electrons. The van der Waals surface area contributed by atoms with Gasteiger partial charge in [-0.25, -0.2) is 9.37 Å². The Hall–Kier alpha value is -1.96. The quantitative estimate of drug-likeness (QED) is 0.715. The second kappa shape index (κ2) is 5.13.